The van der Waals surface area contributed by atoms with Gasteiger partial charge in [-0.25, -0.2) is 0 Å². The molecule has 0 bridgehead atoms. The minimum absolute atomic E-state index is 0.257. The quantitative estimate of drug-likeness (QED) is 0.591. The average Bonchev–Trinajstić information content (AvgIpc) is 3.05. The molecule has 2 N–H and O–H groups in total. The summed E-state index contributed by atoms with van der Waals surface area (Å²) >= 11 is 1.85. The van der Waals surface area contributed by atoms with Gasteiger partial charge in [0.1, 0.15) is 0 Å². The van der Waals surface area contributed by atoms with Crippen LogP contribution in [0, 0.1) is 5.92 Å². The number of ether oxygens (including phenoxy) is 1. The number of rotatable bonds is 7. The number of guanidine groups is 1. The van der Waals surface area contributed by atoms with Gasteiger partial charge in [-0.3, -0.25) is 9.89 Å². The van der Waals surface area contributed by atoms with Crippen LogP contribution in [0.3, 0.4) is 0 Å². The summed E-state index contributed by atoms with van der Waals surface area (Å²) < 4.78 is 5.16. The van der Waals surface area contributed by atoms with E-state index < -0.39 is 0 Å². The van der Waals surface area contributed by atoms with E-state index in [2.05, 4.69) is 45.0 Å². The summed E-state index contributed by atoms with van der Waals surface area (Å²) in [5, 5.41) is 8.99. The molecule has 1 aliphatic rings. The zero-order chi connectivity index (χ0) is 16.5. The average molecular weight is 339 g/mol. The van der Waals surface area contributed by atoms with Crippen molar-refractivity contribution in [3.05, 3.63) is 22.4 Å². The second kappa shape index (κ2) is 9.90. The molecule has 0 saturated carbocycles. The van der Waals surface area contributed by atoms with Crippen molar-refractivity contribution in [2.45, 2.75) is 32.4 Å². The SMILES string of the molecule is CN=C(NCC1CCCN(Cc2cccs2)C1)NC(C)COC. The minimum atomic E-state index is 0.257. The van der Waals surface area contributed by atoms with Crippen LogP contribution in [0.15, 0.2) is 22.5 Å². The number of nitrogens with one attached hydrogen (secondary N) is 2. The van der Waals surface area contributed by atoms with Gasteiger partial charge in [-0.05, 0) is 43.7 Å². The number of aliphatic imine (C=N–C) groups is 1. The fourth-order valence-corrected chi connectivity index (χ4v) is 3.79. The lowest BCUT2D eigenvalue weighted by molar-refractivity contribution is 0.168. The molecule has 2 heterocycles. The Morgan fingerprint density at radius 2 is 2.43 bits per heavy atom. The second-order valence-electron chi connectivity index (χ2n) is 6.28. The van der Waals surface area contributed by atoms with Gasteiger partial charge < -0.3 is 15.4 Å². The van der Waals surface area contributed by atoms with Crippen molar-refractivity contribution in [1.82, 2.24) is 15.5 Å². The Hall–Kier alpha value is -1.11. The van der Waals surface area contributed by atoms with Crippen molar-refractivity contribution >= 4 is 17.3 Å². The summed E-state index contributed by atoms with van der Waals surface area (Å²) in [6, 6.07) is 4.63. The zero-order valence-electron chi connectivity index (χ0n) is 14.5. The third-order valence-corrected chi connectivity index (χ3v) is 5.01. The van der Waals surface area contributed by atoms with Gasteiger partial charge in [0.2, 0.25) is 0 Å². The summed E-state index contributed by atoms with van der Waals surface area (Å²) in [6.45, 7) is 7.21. The van der Waals surface area contributed by atoms with Crippen LogP contribution in [0.4, 0.5) is 0 Å². The second-order valence-corrected chi connectivity index (χ2v) is 7.31. The molecule has 6 heteroatoms. The molecule has 0 spiro atoms. The summed E-state index contributed by atoms with van der Waals surface area (Å²) in [5.41, 5.74) is 0. The lowest BCUT2D eigenvalue weighted by Gasteiger charge is -2.33. The normalized spacial score (nSPS) is 21.2. The number of thiophene rings is 1. The van der Waals surface area contributed by atoms with Crippen LogP contribution in [-0.4, -0.2) is 57.3 Å². The standard InChI is InChI=1S/C17H30N4OS/c1-14(13-22-3)20-17(18-2)19-10-15-6-4-8-21(11-15)12-16-7-5-9-23-16/h5,7,9,14-15H,4,6,8,10-13H2,1-3H3,(H2,18,19,20). The zero-order valence-corrected chi connectivity index (χ0v) is 15.4. The fourth-order valence-electron chi connectivity index (χ4n) is 3.05. The van der Waals surface area contributed by atoms with E-state index in [1.807, 2.05) is 18.4 Å². The lowest BCUT2D eigenvalue weighted by atomic mass is 9.98. The highest BCUT2D eigenvalue weighted by atomic mass is 32.1. The molecule has 130 valence electrons. The van der Waals surface area contributed by atoms with E-state index in [9.17, 15) is 0 Å². The van der Waals surface area contributed by atoms with Crippen LogP contribution in [0.5, 0.6) is 0 Å². The van der Waals surface area contributed by atoms with Gasteiger partial charge in [-0.1, -0.05) is 6.07 Å². The molecule has 1 aromatic heterocycles. The first-order valence-corrected chi connectivity index (χ1v) is 9.30. The van der Waals surface area contributed by atoms with Crippen LogP contribution in [-0.2, 0) is 11.3 Å². The number of methoxy groups -OCH3 is 1. The molecule has 23 heavy (non-hydrogen) atoms. The van der Waals surface area contributed by atoms with Gasteiger partial charge in [-0.15, -0.1) is 11.3 Å². The number of hydrogen-bond acceptors (Lipinski definition) is 4. The van der Waals surface area contributed by atoms with Crippen molar-refractivity contribution in [3.63, 3.8) is 0 Å². The molecule has 1 saturated heterocycles. The molecule has 0 amide bonds. The molecular formula is C17H30N4OS. The molecule has 0 aromatic carbocycles. The molecule has 2 atom stereocenters. The van der Waals surface area contributed by atoms with Crippen molar-refractivity contribution in [2.75, 3.05) is 40.4 Å². The lowest BCUT2D eigenvalue weighted by Crippen LogP contribution is -2.47. The first kappa shape index (κ1) is 18.2. The van der Waals surface area contributed by atoms with E-state index in [1.54, 1.807) is 7.11 Å². The van der Waals surface area contributed by atoms with Crippen molar-refractivity contribution in [2.24, 2.45) is 10.9 Å². The Morgan fingerprint density at radius 3 is 3.13 bits per heavy atom. The molecule has 1 aromatic rings. The van der Waals surface area contributed by atoms with E-state index in [0.717, 1.165) is 25.6 Å². The van der Waals surface area contributed by atoms with Gasteiger partial charge in [0.05, 0.1) is 6.61 Å². The molecular weight excluding hydrogens is 308 g/mol. The Balaban J connectivity index is 1.73. The van der Waals surface area contributed by atoms with Crippen LogP contribution < -0.4 is 10.6 Å². The van der Waals surface area contributed by atoms with Gasteiger partial charge in [0.25, 0.3) is 0 Å². The van der Waals surface area contributed by atoms with Crippen LogP contribution in [0.1, 0.15) is 24.6 Å². The monoisotopic (exact) mass is 338 g/mol. The molecule has 2 unspecified atom stereocenters. The van der Waals surface area contributed by atoms with Crippen LogP contribution in [0.2, 0.25) is 0 Å². The number of likely N-dealkylation sites (tertiary alicyclic amines) is 1. The Bertz CT molecular complexity index is 463. The predicted molar refractivity (Wildman–Crippen MR) is 98.2 cm³/mol. The van der Waals surface area contributed by atoms with Gasteiger partial charge >= 0.3 is 0 Å². The molecule has 1 aliphatic heterocycles. The molecule has 1 fully saturated rings. The Kier molecular flexibility index (Phi) is 7.85. The van der Waals surface area contributed by atoms with Crippen molar-refractivity contribution in [3.8, 4) is 0 Å². The fraction of sp³-hybridized carbons (Fsp3) is 0.706. The maximum absolute atomic E-state index is 5.16. The van der Waals surface area contributed by atoms with Crippen LogP contribution in [0.25, 0.3) is 0 Å². The number of hydrogen-bond donors (Lipinski definition) is 2. The number of nitrogens with zero attached hydrogens (tertiary/aromatic N) is 2. The maximum Gasteiger partial charge on any atom is 0.191 e. The number of piperidine rings is 1. The Labute approximate surface area is 144 Å². The summed E-state index contributed by atoms with van der Waals surface area (Å²) in [4.78, 5) is 8.34. The Morgan fingerprint density at radius 1 is 1.57 bits per heavy atom. The largest absolute Gasteiger partial charge is 0.383 e. The van der Waals surface area contributed by atoms with Crippen molar-refractivity contribution in [1.29, 1.82) is 0 Å². The topological polar surface area (TPSA) is 48.9 Å². The van der Waals surface area contributed by atoms with Crippen LogP contribution >= 0.6 is 11.3 Å². The summed E-state index contributed by atoms with van der Waals surface area (Å²) in [7, 11) is 3.54. The summed E-state index contributed by atoms with van der Waals surface area (Å²) in [5.74, 6) is 1.55. The van der Waals surface area contributed by atoms with Gasteiger partial charge in [0.15, 0.2) is 5.96 Å². The molecule has 0 aliphatic carbocycles. The first-order valence-electron chi connectivity index (χ1n) is 8.42. The van der Waals surface area contributed by atoms with E-state index in [-0.39, 0.29) is 6.04 Å². The van der Waals surface area contributed by atoms with Crippen molar-refractivity contribution < 1.29 is 4.74 Å². The van der Waals surface area contributed by atoms with E-state index in [4.69, 9.17) is 4.74 Å². The van der Waals surface area contributed by atoms with E-state index in [1.165, 1.54) is 24.3 Å². The highest BCUT2D eigenvalue weighted by Gasteiger charge is 2.20. The predicted octanol–water partition coefficient (Wildman–Crippen LogP) is 2.16. The molecule has 0 radical (unpaired) electrons. The van der Waals surface area contributed by atoms with E-state index >= 15 is 0 Å². The third-order valence-electron chi connectivity index (χ3n) is 4.14. The van der Waals surface area contributed by atoms with Gasteiger partial charge in [-0.2, -0.15) is 0 Å². The molecule has 5 nitrogen and oxygen atoms in total. The molecule has 2 rings (SSSR count). The van der Waals surface area contributed by atoms with E-state index in [0.29, 0.717) is 12.5 Å². The highest BCUT2D eigenvalue weighted by molar-refractivity contribution is 7.09. The maximum atomic E-state index is 5.16. The summed E-state index contributed by atoms with van der Waals surface area (Å²) in [6.07, 6.45) is 2.57. The van der Waals surface area contributed by atoms with Gasteiger partial charge in [0, 0.05) is 44.7 Å². The third kappa shape index (κ3) is 6.49. The highest BCUT2D eigenvalue weighted by Crippen LogP contribution is 2.19. The minimum Gasteiger partial charge on any atom is -0.383 e. The smallest absolute Gasteiger partial charge is 0.191 e. The first-order chi connectivity index (χ1) is 11.2.